The van der Waals surface area contributed by atoms with Gasteiger partial charge in [0.1, 0.15) is 17.0 Å². The van der Waals surface area contributed by atoms with Gasteiger partial charge in [-0.15, -0.1) is 11.3 Å². The van der Waals surface area contributed by atoms with Crippen molar-refractivity contribution in [3.05, 3.63) is 53.7 Å². The lowest BCUT2D eigenvalue weighted by Crippen LogP contribution is -2.22. The Morgan fingerprint density at radius 3 is 2.80 bits per heavy atom. The van der Waals surface area contributed by atoms with Crippen LogP contribution >= 0.6 is 11.3 Å². The van der Waals surface area contributed by atoms with Crippen molar-refractivity contribution < 1.29 is 0 Å². The topological polar surface area (TPSA) is 37.8 Å². The first-order valence-electron chi connectivity index (χ1n) is 6.85. The molecular weight excluding hydrogens is 266 g/mol. The molecule has 0 bridgehead atoms. The number of aromatic nitrogens is 2. The zero-order valence-electron chi connectivity index (χ0n) is 11.4. The first kappa shape index (κ1) is 13.1. The molecule has 3 nitrogen and oxygen atoms in total. The fourth-order valence-corrected chi connectivity index (χ4v) is 3.03. The lowest BCUT2D eigenvalue weighted by atomic mass is 10.0. The molecule has 3 aromatic rings. The van der Waals surface area contributed by atoms with Crippen LogP contribution in [0.15, 0.2) is 48.1 Å². The van der Waals surface area contributed by atoms with Crippen LogP contribution in [0.1, 0.15) is 18.9 Å². The average molecular weight is 283 g/mol. The Morgan fingerprint density at radius 1 is 1.15 bits per heavy atom. The molecule has 102 valence electrons. The van der Waals surface area contributed by atoms with Crippen LogP contribution in [0.3, 0.4) is 0 Å². The van der Waals surface area contributed by atoms with E-state index >= 15 is 0 Å². The molecule has 1 N–H and O–H groups in total. The summed E-state index contributed by atoms with van der Waals surface area (Å²) in [6.45, 7) is 2.20. The zero-order chi connectivity index (χ0) is 13.8. The molecule has 3 rings (SSSR count). The van der Waals surface area contributed by atoms with E-state index < -0.39 is 0 Å². The summed E-state index contributed by atoms with van der Waals surface area (Å²) < 4.78 is 0. The summed E-state index contributed by atoms with van der Waals surface area (Å²) >= 11 is 1.65. The van der Waals surface area contributed by atoms with Gasteiger partial charge in [0.15, 0.2) is 0 Å². The van der Waals surface area contributed by atoms with Gasteiger partial charge in [0, 0.05) is 6.04 Å². The number of hydrogen-bond donors (Lipinski definition) is 1. The number of nitrogens with zero attached hydrogens (tertiary/aromatic N) is 2. The van der Waals surface area contributed by atoms with Gasteiger partial charge in [0.25, 0.3) is 0 Å². The molecule has 0 aliphatic heterocycles. The van der Waals surface area contributed by atoms with Crippen LogP contribution in [0.5, 0.6) is 0 Å². The van der Waals surface area contributed by atoms with E-state index in [9.17, 15) is 0 Å². The number of rotatable bonds is 5. The number of thiophene rings is 1. The Balaban J connectivity index is 1.79. The molecule has 20 heavy (non-hydrogen) atoms. The summed E-state index contributed by atoms with van der Waals surface area (Å²) in [5.41, 5.74) is 1.35. The number of fused-ring (bicyclic) bond motifs is 1. The molecule has 0 aliphatic carbocycles. The SMILES string of the molecule is CCC(Cc1ccccc1)Nc1ncnc2sccc12. The number of benzene rings is 1. The Morgan fingerprint density at radius 2 is 2.00 bits per heavy atom. The second-order valence-electron chi connectivity index (χ2n) is 4.80. The third-order valence-electron chi connectivity index (χ3n) is 3.42. The highest BCUT2D eigenvalue weighted by Gasteiger charge is 2.11. The van der Waals surface area contributed by atoms with Gasteiger partial charge in [-0.2, -0.15) is 0 Å². The van der Waals surface area contributed by atoms with E-state index in [2.05, 4.69) is 64.0 Å². The third kappa shape index (κ3) is 2.80. The van der Waals surface area contributed by atoms with Gasteiger partial charge in [-0.3, -0.25) is 0 Å². The minimum Gasteiger partial charge on any atom is -0.366 e. The Kier molecular flexibility index (Phi) is 3.92. The van der Waals surface area contributed by atoms with E-state index in [1.54, 1.807) is 17.7 Å². The number of anilines is 1. The second kappa shape index (κ2) is 6.01. The zero-order valence-corrected chi connectivity index (χ0v) is 12.2. The quantitative estimate of drug-likeness (QED) is 0.765. The van der Waals surface area contributed by atoms with Gasteiger partial charge in [0.2, 0.25) is 0 Å². The molecule has 2 heterocycles. The molecule has 1 aromatic carbocycles. The van der Waals surface area contributed by atoms with E-state index in [1.165, 1.54) is 5.56 Å². The fourth-order valence-electron chi connectivity index (χ4n) is 2.29. The highest BCUT2D eigenvalue weighted by molar-refractivity contribution is 7.16. The van der Waals surface area contributed by atoms with Gasteiger partial charge >= 0.3 is 0 Å². The van der Waals surface area contributed by atoms with Crippen molar-refractivity contribution in [2.45, 2.75) is 25.8 Å². The highest BCUT2D eigenvalue weighted by Crippen LogP contribution is 2.25. The van der Waals surface area contributed by atoms with Crippen molar-refractivity contribution in [2.75, 3.05) is 5.32 Å². The van der Waals surface area contributed by atoms with Crippen LogP contribution in [-0.2, 0) is 6.42 Å². The molecular formula is C16H17N3S. The maximum atomic E-state index is 4.39. The maximum Gasteiger partial charge on any atom is 0.138 e. The first-order chi connectivity index (χ1) is 9.86. The minimum absolute atomic E-state index is 0.385. The predicted molar refractivity (Wildman–Crippen MR) is 85.3 cm³/mol. The van der Waals surface area contributed by atoms with Gasteiger partial charge in [-0.05, 0) is 29.9 Å². The summed E-state index contributed by atoms with van der Waals surface area (Å²) in [4.78, 5) is 9.72. The largest absolute Gasteiger partial charge is 0.366 e. The van der Waals surface area contributed by atoms with Crippen molar-refractivity contribution >= 4 is 27.4 Å². The molecule has 0 saturated carbocycles. The van der Waals surface area contributed by atoms with Crippen molar-refractivity contribution in [3.8, 4) is 0 Å². The lowest BCUT2D eigenvalue weighted by Gasteiger charge is -2.18. The molecule has 1 unspecified atom stereocenters. The molecule has 4 heteroatoms. The van der Waals surface area contributed by atoms with Crippen LogP contribution in [0.25, 0.3) is 10.2 Å². The Hall–Kier alpha value is -1.94. The van der Waals surface area contributed by atoms with Crippen molar-refractivity contribution in [1.29, 1.82) is 0 Å². The van der Waals surface area contributed by atoms with Crippen LogP contribution in [0, 0.1) is 0 Å². The summed E-state index contributed by atoms with van der Waals surface area (Å²) in [5.74, 6) is 0.944. The minimum atomic E-state index is 0.385. The second-order valence-corrected chi connectivity index (χ2v) is 5.70. The molecule has 1 atom stereocenters. The standard InChI is InChI=1S/C16H17N3S/c1-2-13(10-12-6-4-3-5-7-12)19-15-14-8-9-20-16(14)18-11-17-15/h3-9,11,13H,2,10H2,1H3,(H,17,18,19). The number of hydrogen-bond acceptors (Lipinski definition) is 4. The van der Waals surface area contributed by atoms with Gasteiger partial charge in [-0.1, -0.05) is 37.3 Å². The maximum absolute atomic E-state index is 4.39. The average Bonchev–Trinajstić information content (AvgIpc) is 2.97. The Bertz CT molecular complexity index is 678. The predicted octanol–water partition coefficient (Wildman–Crippen LogP) is 4.12. The number of nitrogens with one attached hydrogen (secondary N) is 1. The van der Waals surface area contributed by atoms with Gasteiger partial charge in [0.05, 0.1) is 5.39 Å². The Labute approximate surface area is 122 Å². The molecule has 0 saturated heterocycles. The van der Waals surface area contributed by atoms with Crippen molar-refractivity contribution in [3.63, 3.8) is 0 Å². The molecule has 0 amide bonds. The summed E-state index contributed by atoms with van der Waals surface area (Å²) in [6.07, 6.45) is 3.70. The van der Waals surface area contributed by atoms with E-state index in [0.717, 1.165) is 28.9 Å². The van der Waals surface area contributed by atoms with Crippen LogP contribution < -0.4 is 5.32 Å². The normalized spacial score (nSPS) is 12.4. The molecule has 0 spiro atoms. The van der Waals surface area contributed by atoms with E-state index in [0.29, 0.717) is 6.04 Å². The van der Waals surface area contributed by atoms with Crippen molar-refractivity contribution in [2.24, 2.45) is 0 Å². The highest BCUT2D eigenvalue weighted by atomic mass is 32.1. The third-order valence-corrected chi connectivity index (χ3v) is 4.24. The monoisotopic (exact) mass is 283 g/mol. The molecule has 0 radical (unpaired) electrons. The molecule has 0 fully saturated rings. The van der Waals surface area contributed by atoms with Gasteiger partial charge < -0.3 is 5.32 Å². The summed E-state index contributed by atoms with van der Waals surface area (Å²) in [5, 5.41) is 6.73. The fraction of sp³-hybridized carbons (Fsp3) is 0.250. The van der Waals surface area contributed by atoms with Crippen LogP contribution in [-0.4, -0.2) is 16.0 Å². The summed E-state index contributed by atoms with van der Waals surface area (Å²) in [7, 11) is 0. The molecule has 0 aliphatic rings. The van der Waals surface area contributed by atoms with E-state index in [4.69, 9.17) is 0 Å². The van der Waals surface area contributed by atoms with Gasteiger partial charge in [-0.25, -0.2) is 9.97 Å². The summed E-state index contributed by atoms with van der Waals surface area (Å²) in [6, 6.07) is 13.0. The van der Waals surface area contributed by atoms with E-state index in [1.807, 2.05) is 0 Å². The van der Waals surface area contributed by atoms with Crippen LogP contribution in [0.4, 0.5) is 5.82 Å². The van der Waals surface area contributed by atoms with Crippen molar-refractivity contribution in [1.82, 2.24) is 9.97 Å². The first-order valence-corrected chi connectivity index (χ1v) is 7.73. The molecule has 2 aromatic heterocycles. The smallest absolute Gasteiger partial charge is 0.138 e. The van der Waals surface area contributed by atoms with Crippen LogP contribution in [0.2, 0.25) is 0 Å². The van der Waals surface area contributed by atoms with E-state index in [-0.39, 0.29) is 0 Å². The lowest BCUT2D eigenvalue weighted by molar-refractivity contribution is 0.688.